The standard InChI is InChI=1S/C36H26Cl2I2N2O5S/c1-3-46-35(44)30-31(20-7-5-4-6-8-20)41-36-42(32(30)21-10-13-26(45-2)14-11-21)34(43)29(48-36)16-23-15-25(39)18-28(40)33(23)47-19-22-9-12-24(37)17-27(22)38/h4-18,32H,3,19H2,1-2H3/b29-16-/t32-/m1/s1. The highest BCUT2D eigenvalue weighted by Crippen LogP contribution is 2.36. The maximum Gasteiger partial charge on any atom is 0.338 e. The van der Waals surface area contributed by atoms with Gasteiger partial charge in [-0.05, 0) is 100 Å². The number of rotatable bonds is 9. The molecule has 4 aromatic carbocycles. The molecule has 0 amide bonds. The lowest BCUT2D eigenvalue weighted by molar-refractivity contribution is -0.138. The molecule has 0 bridgehead atoms. The number of carbonyl (C=O) groups is 1. The molecule has 6 rings (SSSR count). The first-order valence-electron chi connectivity index (χ1n) is 14.7. The van der Waals surface area contributed by atoms with Crippen LogP contribution >= 0.6 is 79.7 Å². The van der Waals surface area contributed by atoms with E-state index in [9.17, 15) is 9.59 Å². The number of methoxy groups -OCH3 is 1. The molecule has 0 spiro atoms. The van der Waals surface area contributed by atoms with E-state index in [4.69, 9.17) is 42.4 Å². The van der Waals surface area contributed by atoms with E-state index in [2.05, 4.69) is 45.2 Å². The van der Waals surface area contributed by atoms with Gasteiger partial charge in [0.05, 0.1) is 39.1 Å². The van der Waals surface area contributed by atoms with Crippen molar-refractivity contribution in [2.75, 3.05) is 13.7 Å². The minimum atomic E-state index is -0.803. The van der Waals surface area contributed by atoms with Crippen molar-refractivity contribution < 1.29 is 19.0 Å². The van der Waals surface area contributed by atoms with Crippen molar-refractivity contribution in [3.63, 3.8) is 0 Å². The largest absolute Gasteiger partial charge is 0.497 e. The van der Waals surface area contributed by atoms with Crippen LogP contribution in [0.3, 0.4) is 0 Å². The molecule has 1 aromatic heterocycles. The molecule has 1 atom stereocenters. The quantitative estimate of drug-likeness (QED) is 0.111. The number of halogens is 4. The number of ether oxygens (including phenoxy) is 3. The number of aromatic nitrogens is 1. The van der Waals surface area contributed by atoms with Gasteiger partial charge in [0.1, 0.15) is 18.1 Å². The molecule has 0 aliphatic carbocycles. The fourth-order valence-corrected chi connectivity index (χ4v) is 8.81. The smallest absolute Gasteiger partial charge is 0.338 e. The van der Waals surface area contributed by atoms with Crippen LogP contribution in [-0.2, 0) is 16.1 Å². The molecule has 1 aliphatic rings. The van der Waals surface area contributed by atoms with E-state index in [-0.39, 0.29) is 24.3 Å². The van der Waals surface area contributed by atoms with Gasteiger partial charge in [0, 0.05) is 30.3 Å². The SMILES string of the molecule is CCOC(=O)C1=C(c2ccccc2)N=c2s/c(=C\c3cc(I)cc(I)c3OCc3ccc(Cl)cc3Cl)c(=O)n2[C@@H]1c1ccc(OC)cc1. The average Bonchev–Trinajstić information content (AvgIpc) is 3.38. The zero-order valence-corrected chi connectivity index (χ0v) is 32.2. The van der Waals surface area contributed by atoms with Crippen LogP contribution < -0.4 is 24.4 Å². The molecular weight excluding hydrogens is 897 g/mol. The second-order valence-electron chi connectivity index (χ2n) is 10.5. The molecule has 0 saturated heterocycles. The van der Waals surface area contributed by atoms with Crippen LogP contribution in [0.1, 0.15) is 35.2 Å². The van der Waals surface area contributed by atoms with Gasteiger partial charge in [-0.25, -0.2) is 9.79 Å². The Kier molecular flexibility index (Phi) is 11.0. The summed E-state index contributed by atoms with van der Waals surface area (Å²) in [6.07, 6.45) is 1.81. The molecule has 7 nitrogen and oxygen atoms in total. The first kappa shape index (κ1) is 34.7. The number of benzene rings is 4. The Morgan fingerprint density at radius 3 is 2.46 bits per heavy atom. The zero-order valence-electron chi connectivity index (χ0n) is 25.5. The van der Waals surface area contributed by atoms with Gasteiger partial charge in [-0.3, -0.25) is 9.36 Å². The molecule has 2 heterocycles. The molecule has 0 unspecified atom stereocenters. The number of carbonyl (C=O) groups excluding carboxylic acids is 1. The summed E-state index contributed by atoms with van der Waals surface area (Å²) in [5, 5.41) is 1.04. The van der Waals surface area contributed by atoms with Gasteiger partial charge in [0.15, 0.2) is 4.80 Å². The molecule has 0 fully saturated rings. The molecule has 48 heavy (non-hydrogen) atoms. The van der Waals surface area contributed by atoms with E-state index in [0.717, 1.165) is 23.8 Å². The Morgan fingerprint density at radius 2 is 1.77 bits per heavy atom. The topological polar surface area (TPSA) is 79.1 Å². The number of hydrogen-bond acceptors (Lipinski definition) is 7. The lowest BCUT2D eigenvalue weighted by Gasteiger charge is -2.26. The summed E-state index contributed by atoms with van der Waals surface area (Å²) in [6.45, 7) is 2.12. The highest BCUT2D eigenvalue weighted by molar-refractivity contribution is 14.1. The summed E-state index contributed by atoms with van der Waals surface area (Å²) in [6, 6.07) is 25.2. The Morgan fingerprint density at radius 1 is 1.02 bits per heavy atom. The first-order valence-corrected chi connectivity index (χ1v) is 18.4. The predicted octanol–water partition coefficient (Wildman–Crippen LogP) is 8.04. The molecular formula is C36H26Cl2I2N2O5S. The summed E-state index contributed by atoms with van der Waals surface area (Å²) >= 11 is 18.2. The molecule has 0 radical (unpaired) electrons. The maximum absolute atomic E-state index is 14.4. The molecule has 0 N–H and O–H groups in total. The van der Waals surface area contributed by atoms with Gasteiger partial charge in [0.2, 0.25) is 0 Å². The van der Waals surface area contributed by atoms with Crippen LogP contribution in [0.5, 0.6) is 11.5 Å². The second kappa shape index (κ2) is 15.2. The Labute approximate surface area is 317 Å². The van der Waals surface area contributed by atoms with E-state index in [1.54, 1.807) is 42.9 Å². The second-order valence-corrected chi connectivity index (χ2v) is 14.8. The number of esters is 1. The number of hydrogen-bond donors (Lipinski definition) is 0. The van der Waals surface area contributed by atoms with E-state index < -0.39 is 12.0 Å². The minimum absolute atomic E-state index is 0.166. The van der Waals surface area contributed by atoms with E-state index >= 15 is 0 Å². The van der Waals surface area contributed by atoms with Crippen molar-refractivity contribution in [3.05, 3.63) is 150 Å². The van der Waals surface area contributed by atoms with Crippen LogP contribution in [0.15, 0.2) is 100 Å². The van der Waals surface area contributed by atoms with Gasteiger partial charge in [-0.2, -0.15) is 0 Å². The normalized spacial score (nSPS) is 14.4. The molecule has 12 heteroatoms. The zero-order chi connectivity index (χ0) is 33.9. The summed E-state index contributed by atoms with van der Waals surface area (Å²) < 4.78 is 21.1. The maximum atomic E-state index is 14.4. The Bertz CT molecular complexity index is 2240. The van der Waals surface area contributed by atoms with Gasteiger partial charge >= 0.3 is 5.97 Å². The summed E-state index contributed by atoms with van der Waals surface area (Å²) in [4.78, 5) is 33.6. The van der Waals surface area contributed by atoms with Crippen LogP contribution in [0, 0.1) is 7.14 Å². The monoisotopic (exact) mass is 922 g/mol. The third-order valence-electron chi connectivity index (χ3n) is 7.52. The molecule has 1 aliphatic heterocycles. The average molecular weight is 923 g/mol. The number of fused-ring (bicyclic) bond motifs is 1. The number of thiazole rings is 1. The summed E-state index contributed by atoms with van der Waals surface area (Å²) in [5.74, 6) is 0.715. The fraction of sp³-hybridized carbons (Fsp3) is 0.139. The van der Waals surface area contributed by atoms with Crippen LogP contribution in [0.25, 0.3) is 11.8 Å². The lowest BCUT2D eigenvalue weighted by Crippen LogP contribution is -2.40. The van der Waals surface area contributed by atoms with Crippen molar-refractivity contribution in [2.24, 2.45) is 4.99 Å². The van der Waals surface area contributed by atoms with E-state index in [1.165, 1.54) is 11.3 Å². The first-order chi connectivity index (χ1) is 23.2. The Hall–Kier alpha value is -3.17. The summed E-state index contributed by atoms with van der Waals surface area (Å²) in [7, 11) is 1.59. The number of nitrogens with zero attached hydrogens (tertiary/aromatic N) is 2. The van der Waals surface area contributed by atoms with Crippen molar-refractivity contribution in [3.8, 4) is 11.5 Å². The van der Waals surface area contributed by atoms with Crippen molar-refractivity contribution >= 4 is 97.5 Å². The summed E-state index contributed by atoms with van der Waals surface area (Å²) in [5.41, 5.74) is 3.38. The Balaban J connectivity index is 1.55. The lowest BCUT2D eigenvalue weighted by atomic mass is 9.93. The van der Waals surface area contributed by atoms with Crippen molar-refractivity contribution in [1.82, 2.24) is 4.57 Å². The van der Waals surface area contributed by atoms with Crippen LogP contribution in [-0.4, -0.2) is 24.3 Å². The molecule has 5 aromatic rings. The van der Waals surface area contributed by atoms with Gasteiger partial charge in [-0.15, -0.1) is 0 Å². The highest BCUT2D eigenvalue weighted by Gasteiger charge is 2.35. The van der Waals surface area contributed by atoms with Crippen molar-refractivity contribution in [1.29, 1.82) is 0 Å². The van der Waals surface area contributed by atoms with Gasteiger partial charge < -0.3 is 14.2 Å². The highest BCUT2D eigenvalue weighted by atomic mass is 127. The van der Waals surface area contributed by atoms with E-state index in [0.29, 0.717) is 42.1 Å². The molecule has 0 saturated carbocycles. The fourth-order valence-electron chi connectivity index (χ4n) is 5.31. The predicted molar refractivity (Wildman–Crippen MR) is 207 cm³/mol. The third kappa shape index (κ3) is 7.23. The van der Waals surface area contributed by atoms with E-state index in [1.807, 2.05) is 66.7 Å². The minimum Gasteiger partial charge on any atom is -0.497 e. The van der Waals surface area contributed by atoms with Crippen molar-refractivity contribution in [2.45, 2.75) is 19.6 Å². The molecule has 244 valence electrons. The van der Waals surface area contributed by atoms with Gasteiger partial charge in [-0.1, -0.05) is 83.1 Å². The third-order valence-corrected chi connectivity index (χ3v) is 10.5. The van der Waals surface area contributed by atoms with Crippen LogP contribution in [0.2, 0.25) is 10.0 Å². The van der Waals surface area contributed by atoms with Gasteiger partial charge in [0.25, 0.3) is 5.56 Å². The van der Waals surface area contributed by atoms with Crippen LogP contribution in [0.4, 0.5) is 0 Å².